The third-order valence-electron chi connectivity index (χ3n) is 7.06. The molecule has 39 heavy (non-hydrogen) atoms. The first-order chi connectivity index (χ1) is 18.0. The average Bonchev–Trinajstić information content (AvgIpc) is 3.21. The maximum atomic E-state index is 10.0. The molecule has 3 nitrogen and oxygen atoms in total. The van der Waals surface area contributed by atoms with Crippen LogP contribution in [0.1, 0.15) is 83.6 Å². The number of thiophene rings is 1. The van der Waals surface area contributed by atoms with Gasteiger partial charge < -0.3 is 10.1 Å². The number of pyridine rings is 1. The van der Waals surface area contributed by atoms with Crippen molar-refractivity contribution in [1.82, 2.24) is 4.98 Å². The van der Waals surface area contributed by atoms with Gasteiger partial charge in [0.2, 0.25) is 0 Å². The Bertz CT molecular complexity index is 1500. The molecule has 0 amide bonds. The van der Waals surface area contributed by atoms with Crippen LogP contribution in [0.5, 0.6) is 0 Å². The van der Waals surface area contributed by atoms with Crippen molar-refractivity contribution in [3.05, 3.63) is 76.7 Å². The number of allylic oxidation sites excluding steroid dienone is 2. The number of fused-ring (bicyclic) bond motifs is 4. The van der Waals surface area contributed by atoms with Gasteiger partial charge in [-0.1, -0.05) is 34.6 Å². The van der Waals surface area contributed by atoms with Crippen LogP contribution in [0.15, 0.2) is 48.4 Å². The van der Waals surface area contributed by atoms with E-state index in [1.54, 1.807) is 16.7 Å². The number of aliphatic hydroxyl groups excluding tert-OH is 1. The van der Waals surface area contributed by atoms with E-state index in [-0.39, 0.29) is 37.1 Å². The summed E-state index contributed by atoms with van der Waals surface area (Å²) < 4.78 is 2.75. The van der Waals surface area contributed by atoms with E-state index in [4.69, 9.17) is 10.1 Å². The van der Waals surface area contributed by atoms with Crippen molar-refractivity contribution in [2.75, 3.05) is 0 Å². The molecule has 2 heterocycles. The second-order valence-electron chi connectivity index (χ2n) is 11.9. The van der Waals surface area contributed by atoms with Gasteiger partial charge in [0.15, 0.2) is 5.78 Å². The van der Waals surface area contributed by atoms with Crippen molar-refractivity contribution >= 4 is 37.3 Å². The Labute approximate surface area is 251 Å². The van der Waals surface area contributed by atoms with Crippen molar-refractivity contribution in [3.63, 3.8) is 0 Å². The monoisotopic (exact) mass is 719 g/mol. The van der Waals surface area contributed by atoms with Crippen LogP contribution >= 0.6 is 11.3 Å². The molecule has 1 aliphatic carbocycles. The molecule has 4 aromatic rings. The predicted octanol–water partition coefficient (Wildman–Crippen LogP) is 9.33. The van der Waals surface area contributed by atoms with Gasteiger partial charge >= 0.3 is 0 Å². The number of carbonyl (C=O) groups is 1. The fourth-order valence-corrected chi connectivity index (χ4v) is 6.68. The van der Waals surface area contributed by atoms with Gasteiger partial charge in [0.25, 0.3) is 0 Å². The summed E-state index contributed by atoms with van der Waals surface area (Å²) in [5.74, 6) is 0.595. The largest absolute Gasteiger partial charge is 0.512 e. The van der Waals surface area contributed by atoms with Crippen molar-refractivity contribution in [2.45, 2.75) is 86.0 Å². The minimum Gasteiger partial charge on any atom is -0.512 e. The van der Waals surface area contributed by atoms with Crippen molar-refractivity contribution < 1.29 is 30.0 Å². The summed E-state index contributed by atoms with van der Waals surface area (Å²) in [5, 5.41) is 11.2. The summed E-state index contributed by atoms with van der Waals surface area (Å²) in [5.41, 5.74) is 8.48. The first kappa shape index (κ1) is 31.2. The van der Waals surface area contributed by atoms with Gasteiger partial charge in [-0.25, -0.2) is 0 Å². The van der Waals surface area contributed by atoms with Gasteiger partial charge in [-0.15, -0.1) is 46.7 Å². The minimum absolute atomic E-state index is 0. The number of benzene rings is 2. The summed E-state index contributed by atoms with van der Waals surface area (Å²) in [6.07, 6.45) is 9.45. The molecule has 209 valence electrons. The molecule has 0 atom stereocenters. The van der Waals surface area contributed by atoms with E-state index in [2.05, 4.69) is 71.0 Å². The standard InChI is InChI=1S/C29H32NS.C5H8O2.Ir/c1-18(2)15-24-22-12-7-6-9-19(22)17-25-26(24)23-13-14-30-27(28(23)31-25)20-10-8-11-21(16-20)29(3,4)5;1-4(6)3-5(2)7;/h8,11,13-14,16-18H,6-7,9,12,15H2,1-5H3;3,6H,1-2H3;/q-1;;/b;4-3-;. The SMILES string of the molecule is CC(=O)/C=C(/C)O.CC(C)Cc1c2c(cc3sc4c(-c5[c-]ccc(C(C)(C)C)c5)nccc4c13)CCCC2.[Ir]. The zero-order valence-electron chi connectivity index (χ0n) is 24.2. The Morgan fingerprint density at radius 3 is 2.49 bits per heavy atom. The topological polar surface area (TPSA) is 50.2 Å². The molecular weight excluding hydrogens is 679 g/mol. The Morgan fingerprint density at radius 2 is 1.87 bits per heavy atom. The summed E-state index contributed by atoms with van der Waals surface area (Å²) in [4.78, 5) is 14.9. The van der Waals surface area contributed by atoms with Crippen LogP contribution in [-0.2, 0) is 49.6 Å². The number of nitrogens with zero attached hydrogens (tertiary/aromatic N) is 1. The zero-order valence-corrected chi connectivity index (χ0v) is 27.4. The summed E-state index contributed by atoms with van der Waals surface area (Å²) in [7, 11) is 0. The quantitative estimate of drug-likeness (QED) is 0.130. The van der Waals surface area contributed by atoms with Crippen molar-refractivity contribution in [3.8, 4) is 11.3 Å². The van der Waals surface area contributed by atoms with Gasteiger partial charge in [0, 0.05) is 52.9 Å². The Kier molecular flexibility index (Phi) is 10.3. The number of aliphatic hydroxyl groups is 1. The number of hydrogen-bond donors (Lipinski definition) is 1. The minimum atomic E-state index is -0.125. The molecule has 0 saturated carbocycles. The molecule has 0 aliphatic heterocycles. The molecule has 2 aromatic carbocycles. The molecule has 0 saturated heterocycles. The van der Waals surface area contributed by atoms with Crippen LogP contribution < -0.4 is 0 Å². The number of carbonyl (C=O) groups excluding carboxylic acids is 1. The van der Waals surface area contributed by atoms with Crippen LogP contribution in [0.4, 0.5) is 0 Å². The molecule has 1 radical (unpaired) electrons. The van der Waals surface area contributed by atoms with Crippen molar-refractivity contribution in [2.24, 2.45) is 5.92 Å². The van der Waals surface area contributed by atoms with E-state index in [9.17, 15) is 4.79 Å². The van der Waals surface area contributed by atoms with E-state index in [1.165, 1.54) is 71.3 Å². The first-order valence-electron chi connectivity index (χ1n) is 13.7. The fourth-order valence-electron chi connectivity index (χ4n) is 5.39. The third-order valence-corrected chi connectivity index (χ3v) is 8.22. The average molecular weight is 719 g/mol. The second kappa shape index (κ2) is 12.9. The van der Waals surface area contributed by atoms with Gasteiger partial charge in [-0.2, -0.15) is 0 Å². The van der Waals surface area contributed by atoms with E-state index in [1.807, 2.05) is 17.5 Å². The molecule has 5 rings (SSSR count). The van der Waals surface area contributed by atoms with E-state index in [0.29, 0.717) is 5.92 Å². The third kappa shape index (κ3) is 7.25. The number of aromatic nitrogens is 1. The molecule has 0 bridgehead atoms. The van der Waals surface area contributed by atoms with E-state index in [0.717, 1.165) is 17.7 Å². The van der Waals surface area contributed by atoms with Gasteiger partial charge in [0.05, 0.1) is 5.76 Å². The van der Waals surface area contributed by atoms with Crippen LogP contribution in [0.3, 0.4) is 0 Å². The Hall–Kier alpha value is -2.33. The molecule has 0 spiro atoms. The zero-order chi connectivity index (χ0) is 27.6. The number of hydrogen-bond acceptors (Lipinski definition) is 4. The molecule has 0 unspecified atom stereocenters. The molecule has 2 aromatic heterocycles. The van der Waals surface area contributed by atoms with Crippen LogP contribution in [0, 0.1) is 12.0 Å². The predicted molar refractivity (Wildman–Crippen MR) is 162 cm³/mol. The maximum Gasteiger partial charge on any atom is 0.155 e. The van der Waals surface area contributed by atoms with Crippen LogP contribution in [0.2, 0.25) is 0 Å². The molecule has 1 N–H and O–H groups in total. The summed E-state index contributed by atoms with van der Waals surface area (Å²) in [6, 6.07) is 14.7. The summed E-state index contributed by atoms with van der Waals surface area (Å²) >= 11 is 1.93. The normalized spacial score (nSPS) is 13.6. The maximum absolute atomic E-state index is 10.0. The number of ketones is 1. The number of rotatable bonds is 4. The van der Waals surface area contributed by atoms with E-state index >= 15 is 0 Å². The second-order valence-corrected chi connectivity index (χ2v) is 13.0. The molecular formula is C34H40IrNO2S-. The molecule has 1 aliphatic rings. The Morgan fingerprint density at radius 1 is 1.15 bits per heavy atom. The van der Waals surface area contributed by atoms with Crippen LogP contribution in [0.25, 0.3) is 31.4 Å². The summed E-state index contributed by atoms with van der Waals surface area (Å²) in [6.45, 7) is 14.3. The van der Waals surface area contributed by atoms with E-state index < -0.39 is 0 Å². The smallest absolute Gasteiger partial charge is 0.155 e. The van der Waals surface area contributed by atoms with Gasteiger partial charge in [0.1, 0.15) is 0 Å². The van der Waals surface area contributed by atoms with Crippen LogP contribution in [-0.4, -0.2) is 15.9 Å². The molecule has 0 fully saturated rings. The number of aryl methyl sites for hydroxylation is 1. The molecule has 5 heteroatoms. The van der Waals surface area contributed by atoms with Gasteiger partial charge in [-0.05, 0) is 91.5 Å². The fraction of sp³-hybridized carbons (Fsp3) is 0.412. The van der Waals surface area contributed by atoms with Gasteiger partial charge in [-0.3, -0.25) is 4.79 Å². The first-order valence-corrected chi connectivity index (χ1v) is 14.5. The van der Waals surface area contributed by atoms with Crippen molar-refractivity contribution in [1.29, 1.82) is 0 Å². The Balaban J connectivity index is 0.000000468.